The van der Waals surface area contributed by atoms with E-state index in [0.717, 1.165) is 32.9 Å². The van der Waals surface area contributed by atoms with Crippen molar-refractivity contribution in [3.8, 4) is 5.75 Å². The van der Waals surface area contributed by atoms with Crippen LogP contribution in [0.2, 0.25) is 0 Å². The second-order valence-corrected chi connectivity index (χ2v) is 11.2. The molecule has 1 atom stereocenters. The summed E-state index contributed by atoms with van der Waals surface area (Å²) in [7, 11) is 1.09. The van der Waals surface area contributed by atoms with Crippen LogP contribution >= 0.6 is 11.3 Å². The van der Waals surface area contributed by atoms with Gasteiger partial charge in [-0.1, -0.05) is 27.7 Å². The van der Waals surface area contributed by atoms with E-state index in [1.165, 1.54) is 11.3 Å². The van der Waals surface area contributed by atoms with Gasteiger partial charge in [0.15, 0.2) is 0 Å². The van der Waals surface area contributed by atoms with Gasteiger partial charge in [-0.15, -0.1) is 11.3 Å². The van der Waals surface area contributed by atoms with Crippen molar-refractivity contribution < 1.29 is 23.4 Å². The molecule has 6 nitrogen and oxygen atoms in total. The van der Waals surface area contributed by atoms with Crippen LogP contribution in [0.5, 0.6) is 5.75 Å². The first kappa shape index (κ1) is 29.3. The fourth-order valence-electron chi connectivity index (χ4n) is 3.13. The van der Waals surface area contributed by atoms with Crippen LogP contribution in [0.1, 0.15) is 80.8 Å². The molecule has 0 radical (unpaired) electrons. The Labute approximate surface area is 201 Å². The Kier molecular flexibility index (Phi) is 11.2. The largest absolute Gasteiger partial charge is 0.435 e. The molecule has 186 valence electrons. The number of aromatic nitrogens is 1. The highest BCUT2D eigenvalue weighted by atomic mass is 32.2. The fraction of sp³-hybridized carbons (Fsp3) is 0.565. The van der Waals surface area contributed by atoms with E-state index in [0.29, 0.717) is 11.4 Å². The number of hydrogen-bond acceptors (Lipinski definition) is 6. The number of carbonyl (C=O) groups is 1. The molecule has 1 aromatic heterocycles. The standard InChI is InChI=1S/C15H20F2O2.C8H15N3OS2/c1-9(2)13-7-11(19-15(16)17)8-14(10(3)4)12(13)5-6-18;1-5-6(14(9)10-4)13-7(11-5)8(2,3)12/h6-10,15H,5H2,1-4H3;12H,1-4H3,(H2,9,10). The molecule has 2 aromatic rings. The monoisotopic (exact) mass is 503 g/mol. The summed E-state index contributed by atoms with van der Waals surface area (Å²) in [6, 6.07) is 3.23. The maximum Gasteiger partial charge on any atom is 0.387 e. The lowest BCUT2D eigenvalue weighted by Gasteiger charge is -2.20. The highest BCUT2D eigenvalue weighted by molar-refractivity contribution is 7.87. The summed E-state index contributed by atoms with van der Waals surface area (Å²) >= 11 is 1.43. The third-order valence-electron chi connectivity index (χ3n) is 4.71. The van der Waals surface area contributed by atoms with E-state index in [2.05, 4.69) is 14.1 Å². The second kappa shape index (κ2) is 12.6. The SMILES string of the molecule is CC(C)c1cc(OC(F)F)cc(C(C)C)c1CC=O.CN=S(N)c1sc(C(C)(C)O)nc1C. The van der Waals surface area contributed by atoms with Gasteiger partial charge >= 0.3 is 6.61 Å². The first-order chi connectivity index (χ1) is 15.2. The molecule has 0 aliphatic carbocycles. The maximum atomic E-state index is 12.4. The predicted octanol–water partition coefficient (Wildman–Crippen LogP) is 5.62. The highest BCUT2D eigenvalue weighted by Gasteiger charge is 2.23. The minimum Gasteiger partial charge on any atom is -0.435 e. The van der Waals surface area contributed by atoms with Gasteiger partial charge in [0.2, 0.25) is 0 Å². The van der Waals surface area contributed by atoms with Gasteiger partial charge in [-0.05, 0) is 61.4 Å². The van der Waals surface area contributed by atoms with Crippen molar-refractivity contribution in [2.45, 2.75) is 83.1 Å². The Hall–Kier alpha value is -1.75. The number of halogens is 2. The summed E-state index contributed by atoms with van der Waals surface area (Å²) in [6.45, 7) is 10.4. The van der Waals surface area contributed by atoms with Crippen molar-refractivity contribution >= 4 is 28.5 Å². The van der Waals surface area contributed by atoms with E-state index in [1.807, 2.05) is 34.6 Å². The Morgan fingerprint density at radius 3 is 2.09 bits per heavy atom. The van der Waals surface area contributed by atoms with Crippen molar-refractivity contribution in [1.82, 2.24) is 4.98 Å². The topological polar surface area (TPSA) is 97.8 Å². The number of nitrogens with two attached hydrogens (primary N) is 1. The van der Waals surface area contributed by atoms with Crippen LogP contribution in [-0.2, 0) is 27.7 Å². The zero-order valence-electron chi connectivity index (χ0n) is 20.5. The lowest BCUT2D eigenvalue weighted by molar-refractivity contribution is -0.107. The number of carbonyl (C=O) groups excluding carboxylic acids is 1. The number of nitrogens with zero attached hydrogens (tertiary/aromatic N) is 2. The lowest BCUT2D eigenvalue weighted by atomic mass is 9.87. The van der Waals surface area contributed by atoms with Crippen LogP contribution in [0.25, 0.3) is 0 Å². The van der Waals surface area contributed by atoms with E-state index in [1.54, 1.807) is 33.0 Å². The van der Waals surface area contributed by atoms with Crippen LogP contribution in [0, 0.1) is 6.92 Å². The van der Waals surface area contributed by atoms with Crippen molar-refractivity contribution in [2.24, 2.45) is 9.50 Å². The average Bonchev–Trinajstić information content (AvgIpc) is 3.10. The molecule has 33 heavy (non-hydrogen) atoms. The molecule has 0 aliphatic heterocycles. The van der Waals surface area contributed by atoms with E-state index < -0.39 is 23.1 Å². The molecular weight excluding hydrogens is 468 g/mol. The van der Waals surface area contributed by atoms with Crippen molar-refractivity contribution in [3.05, 3.63) is 39.5 Å². The minimum absolute atomic E-state index is 0.147. The Bertz CT molecular complexity index is 939. The smallest absolute Gasteiger partial charge is 0.387 e. The Morgan fingerprint density at radius 2 is 1.76 bits per heavy atom. The summed E-state index contributed by atoms with van der Waals surface area (Å²) < 4.78 is 34.2. The van der Waals surface area contributed by atoms with Gasteiger partial charge in [0.05, 0.1) is 5.69 Å². The number of alkyl halides is 2. The van der Waals surface area contributed by atoms with Crippen molar-refractivity contribution in [1.29, 1.82) is 0 Å². The zero-order chi connectivity index (χ0) is 25.5. The zero-order valence-corrected chi connectivity index (χ0v) is 22.1. The Balaban J connectivity index is 0.000000346. The Morgan fingerprint density at radius 1 is 1.24 bits per heavy atom. The summed E-state index contributed by atoms with van der Waals surface area (Å²) in [6.07, 6.45) is 1.15. The first-order valence-corrected chi connectivity index (χ1v) is 12.6. The van der Waals surface area contributed by atoms with Crippen molar-refractivity contribution in [2.75, 3.05) is 7.05 Å². The number of rotatable bonds is 8. The van der Waals surface area contributed by atoms with Gasteiger partial charge in [-0.2, -0.15) is 8.78 Å². The summed E-state index contributed by atoms with van der Waals surface area (Å²) in [4.78, 5) is 15.1. The van der Waals surface area contributed by atoms with E-state index in [9.17, 15) is 18.7 Å². The summed E-state index contributed by atoms with van der Waals surface area (Å²) in [5, 5.41) is 16.3. The average molecular weight is 504 g/mol. The number of thiazole rings is 1. The number of aldehydes is 1. The highest BCUT2D eigenvalue weighted by Crippen LogP contribution is 2.33. The number of aryl methyl sites for hydroxylation is 1. The van der Waals surface area contributed by atoms with Gasteiger partial charge in [0.1, 0.15) is 26.9 Å². The molecule has 0 saturated carbocycles. The fourth-order valence-corrected chi connectivity index (χ4v) is 5.25. The predicted molar refractivity (Wildman–Crippen MR) is 131 cm³/mol. The van der Waals surface area contributed by atoms with Crippen LogP contribution in [0.3, 0.4) is 0 Å². The summed E-state index contributed by atoms with van der Waals surface area (Å²) in [5.74, 6) is 0.458. The molecule has 0 amide bonds. The molecule has 0 bridgehead atoms. The lowest BCUT2D eigenvalue weighted by Crippen LogP contribution is -2.14. The molecule has 0 saturated heterocycles. The molecule has 2 rings (SSSR count). The summed E-state index contributed by atoms with van der Waals surface area (Å²) in [5.41, 5.74) is 2.69. The third-order valence-corrected chi connectivity index (χ3v) is 7.81. The number of ether oxygens (including phenoxy) is 1. The first-order valence-electron chi connectivity index (χ1n) is 10.6. The van der Waals surface area contributed by atoms with E-state index in [-0.39, 0.29) is 17.6 Å². The molecule has 1 unspecified atom stereocenters. The molecule has 0 aliphatic rings. The van der Waals surface area contributed by atoms with E-state index >= 15 is 0 Å². The van der Waals surface area contributed by atoms with Gasteiger partial charge in [-0.3, -0.25) is 5.14 Å². The van der Waals surface area contributed by atoms with Gasteiger partial charge in [0.25, 0.3) is 0 Å². The number of aliphatic hydroxyl groups is 1. The maximum absolute atomic E-state index is 12.4. The van der Waals surface area contributed by atoms with Crippen LogP contribution in [-0.4, -0.2) is 30.0 Å². The molecule has 1 aromatic carbocycles. The van der Waals surface area contributed by atoms with Gasteiger partial charge in [0, 0.05) is 24.3 Å². The molecular formula is C23H35F2N3O3S2. The molecule has 10 heteroatoms. The van der Waals surface area contributed by atoms with Crippen LogP contribution in [0.4, 0.5) is 8.78 Å². The number of hydrogen-bond donors (Lipinski definition) is 2. The van der Waals surface area contributed by atoms with Gasteiger partial charge < -0.3 is 14.6 Å². The van der Waals surface area contributed by atoms with Crippen molar-refractivity contribution in [3.63, 3.8) is 0 Å². The number of benzene rings is 1. The third kappa shape index (κ3) is 8.51. The molecule has 0 fully saturated rings. The second-order valence-electron chi connectivity index (χ2n) is 8.59. The normalized spacial score (nSPS) is 12.8. The van der Waals surface area contributed by atoms with Crippen LogP contribution in [0.15, 0.2) is 20.7 Å². The van der Waals surface area contributed by atoms with Crippen LogP contribution < -0.4 is 9.88 Å². The minimum atomic E-state index is -2.84. The molecule has 0 spiro atoms. The van der Waals surface area contributed by atoms with Gasteiger partial charge in [-0.25, -0.2) is 9.35 Å². The molecule has 3 N–H and O–H groups in total. The molecule has 1 heterocycles. The quantitative estimate of drug-likeness (QED) is 0.456. The van der Waals surface area contributed by atoms with E-state index in [4.69, 9.17) is 5.14 Å².